The summed E-state index contributed by atoms with van der Waals surface area (Å²) in [5.41, 5.74) is 2.59. The summed E-state index contributed by atoms with van der Waals surface area (Å²) in [6.45, 7) is 4.77. The highest BCUT2D eigenvalue weighted by Gasteiger charge is 2.15. The molecule has 128 valence electrons. The van der Waals surface area contributed by atoms with Crippen molar-refractivity contribution < 1.29 is 4.39 Å². The summed E-state index contributed by atoms with van der Waals surface area (Å²) in [4.78, 5) is 7.94. The standard InChI is InChI=1S/C18H20Cl2FN3/c1-5-23(3)11-22-16-9-14(20)17(10-13(16)19)24(4)18-8-12(2)6-7-15(18)21/h6-11H,5H2,1-4H3. The number of benzene rings is 2. The number of halogens is 3. The van der Waals surface area contributed by atoms with Gasteiger partial charge in [-0.15, -0.1) is 0 Å². The minimum Gasteiger partial charge on any atom is -0.366 e. The average Bonchev–Trinajstić information content (AvgIpc) is 2.56. The van der Waals surface area contributed by atoms with Crippen LogP contribution in [0, 0.1) is 12.7 Å². The minimum atomic E-state index is -0.318. The Morgan fingerprint density at radius 2 is 1.79 bits per heavy atom. The van der Waals surface area contributed by atoms with Gasteiger partial charge in [-0.25, -0.2) is 9.38 Å². The van der Waals surface area contributed by atoms with E-state index < -0.39 is 0 Å². The Hall–Kier alpha value is -1.78. The van der Waals surface area contributed by atoms with Crippen molar-refractivity contribution in [3.05, 3.63) is 51.8 Å². The highest BCUT2D eigenvalue weighted by Crippen LogP contribution is 2.39. The van der Waals surface area contributed by atoms with Crippen molar-refractivity contribution in [1.82, 2.24) is 4.90 Å². The Bertz CT molecular complexity index is 762. The monoisotopic (exact) mass is 367 g/mol. The fraction of sp³-hybridized carbons (Fsp3) is 0.278. The van der Waals surface area contributed by atoms with Crippen molar-refractivity contribution in [2.24, 2.45) is 4.99 Å². The molecule has 0 radical (unpaired) electrons. The van der Waals surface area contributed by atoms with Crippen molar-refractivity contribution in [3.8, 4) is 0 Å². The predicted molar refractivity (Wildman–Crippen MR) is 102 cm³/mol. The molecule has 0 saturated heterocycles. The first-order valence-corrected chi connectivity index (χ1v) is 8.32. The number of aryl methyl sites for hydroxylation is 1. The van der Waals surface area contributed by atoms with E-state index in [1.807, 2.05) is 25.8 Å². The Labute approximate surface area is 152 Å². The molecule has 0 fully saturated rings. The molecule has 24 heavy (non-hydrogen) atoms. The topological polar surface area (TPSA) is 18.8 Å². The number of nitrogens with zero attached hydrogens (tertiary/aromatic N) is 3. The molecule has 0 aliphatic heterocycles. The molecule has 0 saturated carbocycles. The summed E-state index contributed by atoms with van der Waals surface area (Å²) in [6, 6.07) is 8.31. The molecule has 2 aromatic carbocycles. The van der Waals surface area contributed by atoms with Crippen LogP contribution in [0.3, 0.4) is 0 Å². The Morgan fingerprint density at radius 3 is 2.46 bits per heavy atom. The van der Waals surface area contributed by atoms with Gasteiger partial charge in [-0.3, -0.25) is 0 Å². The second-order valence-electron chi connectivity index (χ2n) is 5.59. The van der Waals surface area contributed by atoms with Crippen LogP contribution in [0.25, 0.3) is 0 Å². The molecule has 0 aliphatic rings. The van der Waals surface area contributed by atoms with E-state index in [1.54, 1.807) is 42.6 Å². The number of hydrogen-bond acceptors (Lipinski definition) is 2. The third kappa shape index (κ3) is 4.19. The lowest BCUT2D eigenvalue weighted by Gasteiger charge is -2.22. The van der Waals surface area contributed by atoms with Gasteiger partial charge in [-0.1, -0.05) is 29.3 Å². The first kappa shape index (κ1) is 18.6. The lowest BCUT2D eigenvalue weighted by Crippen LogP contribution is -2.14. The molecule has 2 aromatic rings. The van der Waals surface area contributed by atoms with Gasteiger partial charge in [0.25, 0.3) is 0 Å². The molecule has 0 amide bonds. The van der Waals surface area contributed by atoms with Gasteiger partial charge in [0.2, 0.25) is 0 Å². The summed E-state index contributed by atoms with van der Waals surface area (Å²) >= 11 is 12.7. The van der Waals surface area contributed by atoms with Crippen molar-refractivity contribution >= 4 is 46.6 Å². The molecule has 0 spiro atoms. The normalized spacial score (nSPS) is 11.1. The summed E-state index contributed by atoms with van der Waals surface area (Å²) in [5.74, 6) is -0.318. The second-order valence-corrected chi connectivity index (χ2v) is 6.40. The van der Waals surface area contributed by atoms with Crippen molar-refractivity contribution in [1.29, 1.82) is 0 Å². The fourth-order valence-corrected chi connectivity index (χ4v) is 2.63. The molecule has 0 unspecified atom stereocenters. The van der Waals surface area contributed by atoms with Crippen LogP contribution in [0.4, 0.5) is 21.5 Å². The second kappa shape index (κ2) is 7.86. The zero-order chi connectivity index (χ0) is 17.9. The first-order valence-electron chi connectivity index (χ1n) is 7.56. The molecule has 0 aromatic heterocycles. The third-order valence-corrected chi connectivity index (χ3v) is 4.34. The molecule has 6 heteroatoms. The molecule has 0 heterocycles. The van der Waals surface area contributed by atoms with Gasteiger partial charge in [0.05, 0.1) is 33.4 Å². The quantitative estimate of drug-likeness (QED) is 0.489. The van der Waals surface area contributed by atoms with E-state index in [1.165, 1.54) is 6.07 Å². The zero-order valence-corrected chi connectivity index (χ0v) is 15.7. The van der Waals surface area contributed by atoms with Crippen molar-refractivity contribution in [2.75, 3.05) is 25.5 Å². The average molecular weight is 368 g/mol. The lowest BCUT2D eigenvalue weighted by atomic mass is 10.2. The molecular weight excluding hydrogens is 348 g/mol. The van der Waals surface area contributed by atoms with E-state index >= 15 is 0 Å². The van der Waals surface area contributed by atoms with E-state index in [2.05, 4.69) is 4.99 Å². The van der Waals surface area contributed by atoms with Crippen LogP contribution < -0.4 is 4.90 Å². The predicted octanol–water partition coefficient (Wildman–Crippen LogP) is 5.82. The first-order chi connectivity index (χ1) is 11.3. The van der Waals surface area contributed by atoms with Crippen molar-refractivity contribution in [2.45, 2.75) is 13.8 Å². The molecular formula is C18H20Cl2FN3. The zero-order valence-electron chi connectivity index (χ0n) is 14.1. The Kier molecular flexibility index (Phi) is 6.08. The third-order valence-electron chi connectivity index (χ3n) is 3.73. The van der Waals surface area contributed by atoms with E-state index in [4.69, 9.17) is 23.2 Å². The van der Waals surface area contributed by atoms with E-state index in [-0.39, 0.29) is 5.82 Å². The summed E-state index contributed by atoms with van der Waals surface area (Å²) in [7, 11) is 3.67. The molecule has 0 aliphatic carbocycles. The van der Waals surface area contributed by atoms with Crippen LogP contribution >= 0.6 is 23.2 Å². The van der Waals surface area contributed by atoms with Crippen LogP contribution in [-0.2, 0) is 0 Å². The highest BCUT2D eigenvalue weighted by molar-refractivity contribution is 6.37. The minimum absolute atomic E-state index is 0.318. The van der Waals surface area contributed by atoms with Gasteiger partial charge in [0, 0.05) is 20.6 Å². The van der Waals surface area contributed by atoms with Crippen LogP contribution in [0.2, 0.25) is 10.0 Å². The highest BCUT2D eigenvalue weighted by atomic mass is 35.5. The molecule has 0 atom stereocenters. The van der Waals surface area contributed by atoms with E-state index in [0.29, 0.717) is 27.1 Å². The maximum Gasteiger partial charge on any atom is 0.146 e. The molecule has 0 N–H and O–H groups in total. The van der Waals surface area contributed by atoms with Gasteiger partial charge in [0.15, 0.2) is 0 Å². The van der Waals surface area contributed by atoms with Crippen LogP contribution in [-0.4, -0.2) is 31.9 Å². The summed E-state index contributed by atoms with van der Waals surface area (Å²) in [6.07, 6.45) is 1.70. The largest absolute Gasteiger partial charge is 0.366 e. The maximum absolute atomic E-state index is 14.1. The number of hydrogen-bond donors (Lipinski definition) is 0. The fourth-order valence-electron chi connectivity index (χ4n) is 2.13. The van der Waals surface area contributed by atoms with Crippen LogP contribution in [0.1, 0.15) is 12.5 Å². The SMILES string of the molecule is CCN(C)C=Nc1cc(Cl)c(N(C)c2cc(C)ccc2F)cc1Cl. The lowest BCUT2D eigenvalue weighted by molar-refractivity contribution is 0.552. The summed E-state index contributed by atoms with van der Waals surface area (Å²) < 4.78 is 14.1. The Balaban J connectivity index is 2.40. The smallest absolute Gasteiger partial charge is 0.146 e. The van der Waals surface area contributed by atoms with Crippen LogP contribution in [0.15, 0.2) is 35.3 Å². The molecule has 0 bridgehead atoms. The van der Waals surface area contributed by atoms with Gasteiger partial charge in [-0.05, 0) is 43.7 Å². The number of rotatable bonds is 5. The van der Waals surface area contributed by atoms with Gasteiger partial charge in [-0.2, -0.15) is 0 Å². The van der Waals surface area contributed by atoms with Crippen molar-refractivity contribution in [3.63, 3.8) is 0 Å². The summed E-state index contributed by atoms with van der Waals surface area (Å²) in [5, 5.41) is 0.907. The Morgan fingerprint density at radius 1 is 1.08 bits per heavy atom. The maximum atomic E-state index is 14.1. The van der Waals surface area contributed by atoms with E-state index in [0.717, 1.165) is 12.1 Å². The van der Waals surface area contributed by atoms with Gasteiger partial charge >= 0.3 is 0 Å². The number of anilines is 2. The van der Waals surface area contributed by atoms with Gasteiger partial charge in [0.1, 0.15) is 5.82 Å². The van der Waals surface area contributed by atoms with Gasteiger partial charge < -0.3 is 9.80 Å². The van der Waals surface area contributed by atoms with Crippen LogP contribution in [0.5, 0.6) is 0 Å². The van der Waals surface area contributed by atoms with E-state index in [9.17, 15) is 4.39 Å². The molecule has 2 rings (SSSR count). The molecule has 3 nitrogen and oxygen atoms in total. The number of aliphatic imine (C=N–C) groups is 1.